The lowest BCUT2D eigenvalue weighted by atomic mass is 9.83. The minimum atomic E-state index is -0.779. The van der Waals surface area contributed by atoms with E-state index in [2.05, 4.69) is 21.3 Å². The van der Waals surface area contributed by atoms with E-state index in [1.54, 1.807) is 0 Å². The van der Waals surface area contributed by atoms with Gasteiger partial charge >= 0.3 is 0 Å². The minimum Gasteiger partial charge on any atom is -0.346 e. The molecule has 1 aliphatic rings. The molecule has 0 bridgehead atoms. The second-order valence-corrected chi connectivity index (χ2v) is 9.79. The molecule has 2 aromatic rings. The van der Waals surface area contributed by atoms with Gasteiger partial charge in [0.1, 0.15) is 0 Å². The lowest BCUT2D eigenvalue weighted by molar-refractivity contribution is -0.125. The van der Waals surface area contributed by atoms with Gasteiger partial charge in [-0.2, -0.15) is 0 Å². The molecule has 0 heterocycles. The third kappa shape index (κ3) is 8.27. The number of carbonyl (C=O) groups is 6. The Hall–Kier alpha value is -4.50. The smallest absolute Gasteiger partial charge is 0.243 e. The molecule has 0 radical (unpaired) electrons. The van der Waals surface area contributed by atoms with Gasteiger partial charge in [0.2, 0.25) is 23.6 Å². The molecule has 0 spiro atoms. The van der Waals surface area contributed by atoms with Crippen molar-refractivity contribution in [1.29, 1.82) is 0 Å². The standard InChI is InChI=1S/C28H36N8O6/c29-9-1-3-21(31)27(41)33-13-23(37)35-15-5-7-17-19(11-15)25(39)18-8-6-16(12-20(18)26(17)40)36-24(38)14-34-28(42)22(32)4-2-10-30/h5-8,11-12,21-22H,1-4,9-10,13-14,29-32H2,(H,33,41)(H,34,42)(H,35,37)(H,36,38). The Balaban J connectivity index is 1.62. The average Bonchev–Trinajstić information content (AvgIpc) is 2.98. The molecule has 2 unspecified atom stereocenters. The van der Waals surface area contributed by atoms with Gasteiger partial charge in [-0.3, -0.25) is 28.8 Å². The topological polar surface area (TPSA) is 255 Å². The third-order valence-electron chi connectivity index (χ3n) is 6.54. The van der Waals surface area contributed by atoms with Crippen LogP contribution in [-0.4, -0.2) is 73.5 Å². The van der Waals surface area contributed by atoms with Gasteiger partial charge in [0.15, 0.2) is 11.6 Å². The van der Waals surface area contributed by atoms with E-state index in [4.69, 9.17) is 22.9 Å². The number of nitrogens with two attached hydrogens (primary N) is 4. The van der Waals surface area contributed by atoms with Gasteiger partial charge in [0.05, 0.1) is 25.2 Å². The molecule has 0 aromatic heterocycles. The molecule has 2 atom stereocenters. The molecule has 3 rings (SSSR count). The predicted molar refractivity (Wildman–Crippen MR) is 156 cm³/mol. The Morgan fingerprint density at radius 2 is 1.00 bits per heavy atom. The van der Waals surface area contributed by atoms with Crippen LogP contribution in [-0.2, 0) is 19.2 Å². The van der Waals surface area contributed by atoms with Gasteiger partial charge in [-0.1, -0.05) is 0 Å². The molecule has 42 heavy (non-hydrogen) atoms. The molecule has 2 aromatic carbocycles. The van der Waals surface area contributed by atoms with Crippen molar-refractivity contribution in [3.63, 3.8) is 0 Å². The number of rotatable bonds is 14. The Bertz CT molecular complexity index is 1270. The normalized spacial score (nSPS) is 13.3. The first-order valence-corrected chi connectivity index (χ1v) is 13.5. The highest BCUT2D eigenvalue weighted by molar-refractivity contribution is 6.29. The summed E-state index contributed by atoms with van der Waals surface area (Å²) in [6, 6.07) is 7.00. The SMILES string of the molecule is NCCCC(N)C(=O)NCC(=O)Nc1ccc2c(c1)C(=O)c1ccc(NC(=O)CNC(=O)C(N)CCCN)cc1C2=O. The van der Waals surface area contributed by atoms with Crippen LogP contribution < -0.4 is 44.2 Å². The highest BCUT2D eigenvalue weighted by Gasteiger charge is 2.30. The number of benzene rings is 2. The van der Waals surface area contributed by atoms with Gasteiger partial charge in [0, 0.05) is 33.6 Å². The van der Waals surface area contributed by atoms with Gasteiger partial charge < -0.3 is 44.2 Å². The van der Waals surface area contributed by atoms with E-state index in [0.717, 1.165) is 0 Å². The number of amides is 4. The van der Waals surface area contributed by atoms with Crippen LogP contribution in [0.3, 0.4) is 0 Å². The Morgan fingerprint density at radius 3 is 1.36 bits per heavy atom. The second-order valence-electron chi connectivity index (χ2n) is 9.79. The van der Waals surface area contributed by atoms with Crippen molar-refractivity contribution in [1.82, 2.24) is 10.6 Å². The maximum atomic E-state index is 13.2. The van der Waals surface area contributed by atoms with E-state index in [1.807, 2.05) is 0 Å². The van der Waals surface area contributed by atoms with Crippen LogP contribution in [0.4, 0.5) is 11.4 Å². The van der Waals surface area contributed by atoms with E-state index in [9.17, 15) is 28.8 Å². The highest BCUT2D eigenvalue weighted by Crippen LogP contribution is 2.31. The van der Waals surface area contributed by atoms with Crippen LogP contribution in [0, 0.1) is 0 Å². The highest BCUT2D eigenvalue weighted by atomic mass is 16.2. The molecule has 1 aliphatic carbocycles. The van der Waals surface area contributed by atoms with E-state index in [0.29, 0.717) is 38.8 Å². The first-order valence-electron chi connectivity index (χ1n) is 13.5. The lowest BCUT2D eigenvalue weighted by Crippen LogP contribution is -2.43. The van der Waals surface area contributed by atoms with Crippen LogP contribution in [0.15, 0.2) is 36.4 Å². The molecule has 0 saturated carbocycles. The number of ketones is 2. The van der Waals surface area contributed by atoms with Crippen LogP contribution in [0.2, 0.25) is 0 Å². The summed E-state index contributed by atoms with van der Waals surface area (Å²) in [7, 11) is 0. The van der Waals surface area contributed by atoms with Crippen molar-refractivity contribution in [3.05, 3.63) is 58.7 Å². The van der Waals surface area contributed by atoms with E-state index in [-0.39, 0.29) is 46.7 Å². The third-order valence-corrected chi connectivity index (χ3v) is 6.54. The number of fused-ring (bicyclic) bond motifs is 2. The monoisotopic (exact) mass is 580 g/mol. The summed E-state index contributed by atoms with van der Waals surface area (Å²) in [6.45, 7) is 0.135. The quantitative estimate of drug-likeness (QED) is 0.112. The van der Waals surface area contributed by atoms with E-state index in [1.165, 1.54) is 36.4 Å². The fourth-order valence-electron chi connectivity index (χ4n) is 4.25. The van der Waals surface area contributed by atoms with Crippen molar-refractivity contribution in [2.24, 2.45) is 22.9 Å². The molecule has 0 aliphatic heterocycles. The molecule has 0 fully saturated rings. The summed E-state index contributed by atoms with van der Waals surface area (Å²) in [5, 5.41) is 10.1. The number of anilines is 2. The van der Waals surface area contributed by atoms with E-state index >= 15 is 0 Å². The van der Waals surface area contributed by atoms with Crippen LogP contribution in [0.1, 0.15) is 57.5 Å². The van der Waals surface area contributed by atoms with E-state index < -0.39 is 47.3 Å². The zero-order valence-corrected chi connectivity index (χ0v) is 23.0. The van der Waals surface area contributed by atoms with Crippen LogP contribution in [0.5, 0.6) is 0 Å². The first kappa shape index (κ1) is 32.0. The molecule has 14 heteroatoms. The van der Waals surface area contributed by atoms with Crippen LogP contribution in [0.25, 0.3) is 0 Å². The van der Waals surface area contributed by atoms with Gasteiger partial charge in [-0.05, 0) is 75.2 Å². The molecule has 14 nitrogen and oxygen atoms in total. The molecular weight excluding hydrogens is 544 g/mol. The fraction of sp³-hybridized carbons (Fsp3) is 0.357. The first-order chi connectivity index (χ1) is 20.0. The maximum absolute atomic E-state index is 13.2. The van der Waals surface area contributed by atoms with Crippen molar-refractivity contribution in [2.45, 2.75) is 37.8 Å². The molecular formula is C28H36N8O6. The summed E-state index contributed by atoms with van der Waals surface area (Å²) in [4.78, 5) is 75.1. The molecule has 0 saturated heterocycles. The molecule has 12 N–H and O–H groups in total. The van der Waals surface area contributed by atoms with Crippen molar-refractivity contribution in [3.8, 4) is 0 Å². The van der Waals surface area contributed by atoms with Crippen LogP contribution >= 0.6 is 0 Å². The van der Waals surface area contributed by atoms with Crippen molar-refractivity contribution >= 4 is 46.6 Å². The summed E-state index contributed by atoms with van der Waals surface area (Å²) in [6.07, 6.45) is 1.94. The molecule has 4 amide bonds. The summed E-state index contributed by atoms with van der Waals surface area (Å²) >= 11 is 0. The summed E-state index contributed by atoms with van der Waals surface area (Å²) < 4.78 is 0. The Kier molecular flexibility index (Phi) is 11.4. The number of nitrogens with one attached hydrogen (secondary N) is 4. The number of carbonyl (C=O) groups excluding carboxylic acids is 6. The molecule has 224 valence electrons. The minimum absolute atomic E-state index is 0.101. The Morgan fingerprint density at radius 1 is 0.619 bits per heavy atom. The lowest BCUT2D eigenvalue weighted by Gasteiger charge is -2.19. The predicted octanol–water partition coefficient (Wildman–Crippen LogP) is -1.30. The Labute approximate surface area is 242 Å². The fourth-order valence-corrected chi connectivity index (χ4v) is 4.25. The summed E-state index contributed by atoms with van der Waals surface area (Å²) in [5.74, 6) is -2.93. The van der Waals surface area contributed by atoms with Crippen molar-refractivity contribution in [2.75, 3.05) is 36.8 Å². The van der Waals surface area contributed by atoms with Crippen molar-refractivity contribution < 1.29 is 28.8 Å². The van der Waals surface area contributed by atoms with Gasteiger partial charge in [0.25, 0.3) is 0 Å². The average molecular weight is 581 g/mol. The largest absolute Gasteiger partial charge is 0.346 e. The van der Waals surface area contributed by atoms with Gasteiger partial charge in [-0.15, -0.1) is 0 Å². The number of hydrogen-bond donors (Lipinski definition) is 8. The number of hydrogen-bond acceptors (Lipinski definition) is 10. The second kappa shape index (κ2) is 14.9. The summed E-state index contributed by atoms with van der Waals surface area (Å²) in [5.41, 5.74) is 23.3. The maximum Gasteiger partial charge on any atom is 0.243 e. The zero-order valence-electron chi connectivity index (χ0n) is 23.0. The zero-order chi connectivity index (χ0) is 30.8. The van der Waals surface area contributed by atoms with Gasteiger partial charge in [-0.25, -0.2) is 0 Å².